The second kappa shape index (κ2) is 7.12. The predicted octanol–water partition coefficient (Wildman–Crippen LogP) is 5.01. The van der Waals surface area contributed by atoms with Crippen LogP contribution in [-0.4, -0.2) is 11.8 Å². The highest BCUT2D eigenvalue weighted by Gasteiger charge is 2.13. The summed E-state index contributed by atoms with van der Waals surface area (Å²) in [7, 11) is 0. The Morgan fingerprint density at radius 2 is 1.50 bits per heavy atom. The van der Waals surface area contributed by atoms with Crippen molar-refractivity contribution in [2.45, 2.75) is 19.9 Å². The molecule has 0 aliphatic heterocycles. The topological polar surface area (TPSA) is 12.4 Å². The van der Waals surface area contributed by atoms with E-state index in [2.05, 4.69) is 11.6 Å². The SMILES string of the molecule is C=CC(N=C(c1cccc(F)c1)c1cccc(F)c1)C(C)C. The molecule has 0 heterocycles. The Morgan fingerprint density at radius 3 is 1.86 bits per heavy atom. The minimum atomic E-state index is -0.346. The normalized spacial score (nSPS) is 12.0. The van der Waals surface area contributed by atoms with Crippen LogP contribution in [0.15, 0.2) is 66.2 Å². The maximum Gasteiger partial charge on any atom is 0.123 e. The number of rotatable bonds is 5. The van der Waals surface area contributed by atoms with Gasteiger partial charge in [-0.1, -0.05) is 44.2 Å². The third-order valence-electron chi connectivity index (χ3n) is 3.40. The van der Waals surface area contributed by atoms with Gasteiger partial charge in [0.05, 0.1) is 11.8 Å². The molecule has 2 aromatic rings. The van der Waals surface area contributed by atoms with Gasteiger partial charge < -0.3 is 0 Å². The molecule has 0 aliphatic carbocycles. The molecule has 2 aromatic carbocycles. The molecule has 22 heavy (non-hydrogen) atoms. The van der Waals surface area contributed by atoms with Gasteiger partial charge in [-0.05, 0) is 30.2 Å². The molecule has 0 saturated carbocycles. The Kier molecular flexibility index (Phi) is 5.21. The molecule has 0 fully saturated rings. The fourth-order valence-corrected chi connectivity index (χ4v) is 2.21. The van der Waals surface area contributed by atoms with Crippen LogP contribution in [0, 0.1) is 17.6 Å². The van der Waals surface area contributed by atoms with Gasteiger partial charge in [0, 0.05) is 11.1 Å². The maximum atomic E-state index is 13.6. The molecule has 0 radical (unpaired) electrons. The standard InChI is InChI=1S/C19H19F2N/c1-4-18(13(2)3)22-19(14-7-5-9-16(20)11-14)15-8-6-10-17(21)12-15/h4-13,18H,1H2,2-3H3. The molecule has 0 aliphatic rings. The highest BCUT2D eigenvalue weighted by Crippen LogP contribution is 2.17. The average molecular weight is 299 g/mol. The second-order valence-corrected chi connectivity index (χ2v) is 5.47. The lowest BCUT2D eigenvalue weighted by atomic mass is 9.99. The molecule has 0 bridgehead atoms. The summed E-state index contributed by atoms with van der Waals surface area (Å²) < 4.78 is 27.1. The smallest absolute Gasteiger partial charge is 0.123 e. The number of aliphatic imine (C=N–C) groups is 1. The number of benzene rings is 2. The monoisotopic (exact) mass is 299 g/mol. The first-order valence-electron chi connectivity index (χ1n) is 7.23. The lowest BCUT2D eigenvalue weighted by Gasteiger charge is -2.16. The van der Waals surface area contributed by atoms with Crippen LogP contribution in [0.25, 0.3) is 0 Å². The molecule has 0 spiro atoms. The second-order valence-electron chi connectivity index (χ2n) is 5.47. The van der Waals surface area contributed by atoms with Crippen LogP contribution in [0.4, 0.5) is 8.78 Å². The quantitative estimate of drug-likeness (QED) is 0.543. The largest absolute Gasteiger partial charge is 0.276 e. The number of hydrogen-bond acceptors (Lipinski definition) is 1. The van der Waals surface area contributed by atoms with E-state index in [9.17, 15) is 8.78 Å². The van der Waals surface area contributed by atoms with Crippen molar-refractivity contribution in [2.75, 3.05) is 0 Å². The van der Waals surface area contributed by atoms with Crippen molar-refractivity contribution in [1.29, 1.82) is 0 Å². The number of hydrogen-bond donors (Lipinski definition) is 0. The predicted molar refractivity (Wildman–Crippen MR) is 87.3 cm³/mol. The molecule has 0 saturated heterocycles. The summed E-state index contributed by atoms with van der Waals surface area (Å²) >= 11 is 0. The van der Waals surface area contributed by atoms with E-state index in [1.807, 2.05) is 13.8 Å². The van der Waals surface area contributed by atoms with Crippen molar-refractivity contribution in [2.24, 2.45) is 10.9 Å². The van der Waals surface area contributed by atoms with E-state index in [0.717, 1.165) is 0 Å². The maximum absolute atomic E-state index is 13.6. The van der Waals surface area contributed by atoms with E-state index in [1.54, 1.807) is 30.3 Å². The van der Waals surface area contributed by atoms with Gasteiger partial charge in [-0.15, -0.1) is 6.58 Å². The van der Waals surface area contributed by atoms with Crippen molar-refractivity contribution >= 4 is 5.71 Å². The van der Waals surface area contributed by atoms with Crippen LogP contribution < -0.4 is 0 Å². The fourth-order valence-electron chi connectivity index (χ4n) is 2.21. The first kappa shape index (κ1) is 16.1. The van der Waals surface area contributed by atoms with Crippen LogP contribution in [0.3, 0.4) is 0 Å². The molecule has 2 rings (SSSR count). The van der Waals surface area contributed by atoms with Gasteiger partial charge in [0.15, 0.2) is 0 Å². The third-order valence-corrected chi connectivity index (χ3v) is 3.40. The van der Waals surface area contributed by atoms with Gasteiger partial charge in [-0.25, -0.2) is 8.78 Å². The Balaban J connectivity index is 2.59. The Morgan fingerprint density at radius 1 is 1.00 bits per heavy atom. The van der Waals surface area contributed by atoms with Gasteiger partial charge in [-0.3, -0.25) is 4.99 Å². The van der Waals surface area contributed by atoms with Gasteiger partial charge in [0.2, 0.25) is 0 Å². The molecule has 0 aromatic heterocycles. The van der Waals surface area contributed by atoms with Crippen molar-refractivity contribution in [1.82, 2.24) is 0 Å². The van der Waals surface area contributed by atoms with E-state index >= 15 is 0 Å². The summed E-state index contributed by atoms with van der Waals surface area (Å²) in [6.45, 7) is 7.87. The van der Waals surface area contributed by atoms with E-state index in [-0.39, 0.29) is 23.6 Å². The average Bonchev–Trinajstić information content (AvgIpc) is 2.48. The Hall–Kier alpha value is -2.29. The zero-order valence-electron chi connectivity index (χ0n) is 12.8. The van der Waals surface area contributed by atoms with E-state index in [1.165, 1.54) is 24.3 Å². The van der Waals surface area contributed by atoms with Gasteiger partial charge in [0.25, 0.3) is 0 Å². The van der Waals surface area contributed by atoms with Crippen LogP contribution in [0.2, 0.25) is 0 Å². The highest BCUT2D eigenvalue weighted by molar-refractivity contribution is 6.13. The lowest BCUT2D eigenvalue weighted by Crippen LogP contribution is -2.15. The zero-order chi connectivity index (χ0) is 16.1. The van der Waals surface area contributed by atoms with Crippen molar-refractivity contribution < 1.29 is 8.78 Å². The van der Waals surface area contributed by atoms with Gasteiger partial charge >= 0.3 is 0 Å². The van der Waals surface area contributed by atoms with Gasteiger partial charge in [-0.2, -0.15) is 0 Å². The molecular weight excluding hydrogens is 280 g/mol. The summed E-state index contributed by atoms with van der Waals surface area (Å²) in [5, 5.41) is 0. The van der Waals surface area contributed by atoms with Crippen molar-refractivity contribution in [3.63, 3.8) is 0 Å². The van der Waals surface area contributed by atoms with E-state index in [0.29, 0.717) is 16.8 Å². The summed E-state index contributed by atoms with van der Waals surface area (Å²) in [5.41, 5.74) is 1.81. The third kappa shape index (κ3) is 3.88. The molecule has 0 N–H and O–H groups in total. The molecule has 114 valence electrons. The van der Waals surface area contributed by atoms with Crippen LogP contribution in [0.5, 0.6) is 0 Å². The van der Waals surface area contributed by atoms with Crippen molar-refractivity contribution in [3.05, 3.63) is 83.9 Å². The summed E-state index contributed by atoms with van der Waals surface area (Å²) in [6.07, 6.45) is 1.75. The molecule has 1 atom stereocenters. The highest BCUT2D eigenvalue weighted by atomic mass is 19.1. The first-order chi connectivity index (χ1) is 10.5. The summed E-state index contributed by atoms with van der Waals surface area (Å²) in [4.78, 5) is 4.68. The summed E-state index contributed by atoms with van der Waals surface area (Å²) in [5.74, 6) is -0.447. The fraction of sp³-hybridized carbons (Fsp3) is 0.211. The zero-order valence-corrected chi connectivity index (χ0v) is 12.8. The minimum absolute atomic E-state index is 0.124. The van der Waals surface area contributed by atoms with E-state index < -0.39 is 0 Å². The van der Waals surface area contributed by atoms with Crippen molar-refractivity contribution in [3.8, 4) is 0 Å². The minimum Gasteiger partial charge on any atom is -0.276 e. The molecule has 3 heteroatoms. The molecule has 1 unspecified atom stereocenters. The van der Waals surface area contributed by atoms with Crippen LogP contribution in [0.1, 0.15) is 25.0 Å². The lowest BCUT2D eigenvalue weighted by molar-refractivity contribution is 0.574. The van der Waals surface area contributed by atoms with Crippen LogP contribution in [-0.2, 0) is 0 Å². The number of halogens is 2. The Bertz CT molecular complexity index is 642. The molecule has 1 nitrogen and oxygen atoms in total. The molecular formula is C19H19F2N. The van der Waals surface area contributed by atoms with E-state index in [4.69, 9.17) is 0 Å². The Labute approximate surface area is 130 Å². The number of nitrogens with zero attached hydrogens (tertiary/aromatic N) is 1. The van der Waals surface area contributed by atoms with Gasteiger partial charge in [0.1, 0.15) is 11.6 Å². The first-order valence-corrected chi connectivity index (χ1v) is 7.23. The van der Waals surface area contributed by atoms with Crippen LogP contribution >= 0.6 is 0 Å². The summed E-state index contributed by atoms with van der Waals surface area (Å²) in [6, 6.07) is 12.2. The molecule has 0 amide bonds.